The van der Waals surface area contributed by atoms with Gasteiger partial charge in [0.2, 0.25) is 11.8 Å². The predicted molar refractivity (Wildman–Crippen MR) is 150 cm³/mol. The van der Waals surface area contributed by atoms with E-state index in [0.717, 1.165) is 27.8 Å². The number of H-pyrrole nitrogens is 1. The summed E-state index contributed by atoms with van der Waals surface area (Å²) in [5, 5.41) is 13.6. The number of halogens is 1. The molecule has 1 saturated heterocycles. The predicted octanol–water partition coefficient (Wildman–Crippen LogP) is 4.82. The largest absolute Gasteiger partial charge is 0.420 e. The van der Waals surface area contributed by atoms with Gasteiger partial charge in [-0.25, -0.2) is 4.98 Å². The van der Waals surface area contributed by atoms with Crippen LogP contribution >= 0.6 is 11.6 Å². The van der Waals surface area contributed by atoms with Gasteiger partial charge in [-0.15, -0.1) is 10.2 Å². The van der Waals surface area contributed by atoms with Crippen molar-refractivity contribution in [3.8, 4) is 11.5 Å². The summed E-state index contributed by atoms with van der Waals surface area (Å²) in [5.41, 5.74) is 3.57. The highest BCUT2D eigenvalue weighted by Gasteiger charge is 2.31. The average Bonchev–Trinajstić information content (AvgIpc) is 3.59. The van der Waals surface area contributed by atoms with Gasteiger partial charge in [0.25, 0.3) is 5.89 Å². The molecule has 1 fully saturated rings. The Labute approximate surface area is 227 Å². The van der Waals surface area contributed by atoms with Gasteiger partial charge in [-0.3, -0.25) is 4.79 Å². The Morgan fingerprint density at radius 3 is 2.47 bits per heavy atom. The minimum Gasteiger partial charge on any atom is -0.420 e. The first-order chi connectivity index (χ1) is 18.3. The molecule has 1 aromatic carbocycles. The normalized spacial score (nSPS) is 15.1. The van der Waals surface area contributed by atoms with Crippen molar-refractivity contribution in [3.05, 3.63) is 59.2 Å². The number of hydrogen-bond acceptors (Lipinski definition) is 7. The van der Waals surface area contributed by atoms with Gasteiger partial charge in [0, 0.05) is 67.5 Å². The Morgan fingerprint density at radius 2 is 1.82 bits per heavy atom. The Hall–Kier alpha value is -3.43. The molecule has 0 saturated carbocycles. The molecule has 38 heavy (non-hydrogen) atoms. The molecule has 200 valence electrons. The number of hydrogen-bond donors (Lipinski definition) is 2. The minimum atomic E-state index is -0.276. The van der Waals surface area contributed by atoms with Crippen molar-refractivity contribution >= 4 is 34.2 Å². The number of nitrogens with zero attached hydrogens (tertiary/aromatic N) is 5. The lowest BCUT2D eigenvalue weighted by Gasteiger charge is -2.38. The van der Waals surface area contributed by atoms with Gasteiger partial charge in [-0.2, -0.15) is 0 Å². The number of fused-ring (bicyclic) bond motifs is 1. The first kappa shape index (κ1) is 26.2. The molecule has 10 heteroatoms. The van der Waals surface area contributed by atoms with E-state index in [2.05, 4.69) is 44.2 Å². The molecule has 1 atom stereocenters. The summed E-state index contributed by atoms with van der Waals surface area (Å²) in [6.45, 7) is 11.4. The number of anilines is 1. The van der Waals surface area contributed by atoms with Gasteiger partial charge in [-0.1, -0.05) is 51.4 Å². The van der Waals surface area contributed by atoms with E-state index in [9.17, 15) is 4.79 Å². The fourth-order valence-electron chi connectivity index (χ4n) is 4.83. The topological polar surface area (TPSA) is 103 Å². The number of pyridine rings is 1. The lowest BCUT2D eigenvalue weighted by Crippen LogP contribution is -2.51. The highest BCUT2D eigenvalue weighted by molar-refractivity contribution is 6.30. The van der Waals surface area contributed by atoms with Crippen molar-refractivity contribution in [3.63, 3.8) is 0 Å². The van der Waals surface area contributed by atoms with Gasteiger partial charge in [0.1, 0.15) is 5.65 Å². The number of carbonyl (C=O) groups is 1. The molecule has 1 amide bonds. The summed E-state index contributed by atoms with van der Waals surface area (Å²) < 4.78 is 6.00. The lowest BCUT2D eigenvalue weighted by atomic mass is 9.96. The standard InChI is InChI=1S/C28H34ClN7O2/c1-17(2)26-33-34-27(38-26)23-16-32-25-21(9-10-30-25)24(23)35-11-13-36(14-12-35)28(37)22(15-31-18(3)4)19-5-7-20(29)8-6-19/h5-10,16-18,22,31H,11-15H2,1-4H3,(H,30,32). The van der Waals surface area contributed by atoms with Crippen LogP contribution in [-0.2, 0) is 4.79 Å². The third-order valence-electron chi connectivity index (χ3n) is 6.93. The quantitative estimate of drug-likeness (QED) is 0.333. The smallest absolute Gasteiger partial charge is 0.251 e. The molecular weight excluding hydrogens is 502 g/mol. The zero-order chi connectivity index (χ0) is 26.8. The molecule has 0 spiro atoms. The van der Waals surface area contributed by atoms with E-state index in [4.69, 9.17) is 16.0 Å². The van der Waals surface area contributed by atoms with E-state index in [1.165, 1.54) is 0 Å². The minimum absolute atomic E-state index is 0.125. The number of carbonyl (C=O) groups excluding carboxylic acids is 1. The number of aromatic nitrogens is 4. The second-order valence-corrected chi connectivity index (χ2v) is 10.8. The molecule has 4 aromatic rings. The van der Waals surface area contributed by atoms with Gasteiger partial charge in [0.05, 0.1) is 17.2 Å². The van der Waals surface area contributed by atoms with Gasteiger partial charge in [-0.05, 0) is 23.8 Å². The van der Waals surface area contributed by atoms with Crippen LogP contribution in [0.25, 0.3) is 22.5 Å². The van der Waals surface area contributed by atoms with E-state index < -0.39 is 0 Å². The Kier molecular flexibility index (Phi) is 7.67. The van der Waals surface area contributed by atoms with Crippen LogP contribution in [0.4, 0.5) is 5.69 Å². The van der Waals surface area contributed by atoms with Crippen LogP contribution in [0.3, 0.4) is 0 Å². The molecule has 0 aliphatic carbocycles. The molecule has 1 aliphatic rings. The molecule has 0 bridgehead atoms. The summed E-state index contributed by atoms with van der Waals surface area (Å²) in [4.78, 5) is 25.8. The maximum Gasteiger partial charge on any atom is 0.251 e. The van der Waals surface area contributed by atoms with E-state index >= 15 is 0 Å². The van der Waals surface area contributed by atoms with Gasteiger partial charge >= 0.3 is 0 Å². The third-order valence-corrected chi connectivity index (χ3v) is 7.18. The SMILES string of the molecule is CC(C)NCC(C(=O)N1CCN(c2c(-c3nnc(C(C)C)o3)cnc3[nH]ccc23)CC1)c1ccc(Cl)cc1. The van der Waals surface area contributed by atoms with Crippen molar-refractivity contribution in [2.45, 2.75) is 45.6 Å². The molecule has 2 N–H and O–H groups in total. The summed E-state index contributed by atoms with van der Waals surface area (Å²) in [6, 6.07) is 9.89. The molecule has 9 nitrogen and oxygen atoms in total. The molecule has 4 heterocycles. The van der Waals surface area contributed by atoms with Crippen molar-refractivity contribution < 1.29 is 9.21 Å². The highest BCUT2D eigenvalue weighted by Crippen LogP contribution is 2.37. The number of rotatable bonds is 8. The van der Waals surface area contributed by atoms with Crippen LogP contribution in [0.15, 0.2) is 47.1 Å². The summed E-state index contributed by atoms with van der Waals surface area (Å²) >= 11 is 6.12. The number of nitrogens with one attached hydrogen (secondary N) is 2. The summed E-state index contributed by atoms with van der Waals surface area (Å²) in [6.07, 6.45) is 3.67. The van der Waals surface area contributed by atoms with Gasteiger partial charge in [0.15, 0.2) is 0 Å². The van der Waals surface area contributed by atoms with Crippen LogP contribution in [0.5, 0.6) is 0 Å². The van der Waals surface area contributed by atoms with E-state index in [1.54, 1.807) is 6.20 Å². The van der Waals surface area contributed by atoms with Crippen LogP contribution in [0, 0.1) is 0 Å². The van der Waals surface area contributed by atoms with Crippen molar-refractivity contribution in [1.82, 2.24) is 30.4 Å². The maximum atomic E-state index is 13.8. The molecule has 0 radical (unpaired) electrons. The first-order valence-corrected chi connectivity index (χ1v) is 13.5. The van der Waals surface area contributed by atoms with E-state index in [-0.39, 0.29) is 23.8 Å². The zero-order valence-corrected chi connectivity index (χ0v) is 23.0. The molecule has 1 unspecified atom stereocenters. The average molecular weight is 536 g/mol. The van der Waals surface area contributed by atoms with Gasteiger partial charge < -0.3 is 24.5 Å². The number of aromatic amines is 1. The lowest BCUT2D eigenvalue weighted by molar-refractivity contribution is -0.133. The summed E-state index contributed by atoms with van der Waals surface area (Å²) in [5.74, 6) is 1.04. The molecule has 5 rings (SSSR count). The number of piperazine rings is 1. The molecule has 3 aromatic heterocycles. The fourth-order valence-corrected chi connectivity index (χ4v) is 4.96. The molecule has 1 aliphatic heterocycles. The van der Waals surface area contributed by atoms with Crippen molar-refractivity contribution in [1.29, 1.82) is 0 Å². The second kappa shape index (κ2) is 11.1. The number of benzene rings is 1. The summed E-state index contributed by atoms with van der Waals surface area (Å²) in [7, 11) is 0. The Bertz CT molecular complexity index is 1390. The maximum absolute atomic E-state index is 13.8. The first-order valence-electron chi connectivity index (χ1n) is 13.1. The Balaban J connectivity index is 1.38. The third kappa shape index (κ3) is 5.39. The van der Waals surface area contributed by atoms with Crippen LogP contribution < -0.4 is 10.2 Å². The van der Waals surface area contributed by atoms with E-state index in [1.807, 2.05) is 55.3 Å². The zero-order valence-electron chi connectivity index (χ0n) is 22.2. The van der Waals surface area contributed by atoms with Crippen LogP contribution in [0.1, 0.15) is 51.0 Å². The fraction of sp³-hybridized carbons (Fsp3) is 0.429. The van der Waals surface area contributed by atoms with Crippen LogP contribution in [0.2, 0.25) is 5.02 Å². The van der Waals surface area contributed by atoms with Crippen molar-refractivity contribution in [2.75, 3.05) is 37.6 Å². The highest BCUT2D eigenvalue weighted by atomic mass is 35.5. The Morgan fingerprint density at radius 1 is 1.08 bits per heavy atom. The van der Waals surface area contributed by atoms with Crippen molar-refractivity contribution in [2.24, 2.45) is 0 Å². The van der Waals surface area contributed by atoms with Crippen LogP contribution in [-0.4, -0.2) is 69.7 Å². The molecular formula is C28H34ClN7O2. The number of amides is 1. The monoisotopic (exact) mass is 535 g/mol. The van der Waals surface area contributed by atoms with E-state index in [0.29, 0.717) is 49.5 Å². The second-order valence-electron chi connectivity index (χ2n) is 10.3.